The van der Waals surface area contributed by atoms with Gasteiger partial charge in [0, 0.05) is 10.4 Å². The van der Waals surface area contributed by atoms with Gasteiger partial charge >= 0.3 is 0 Å². The average molecular weight is 314 g/mol. The summed E-state index contributed by atoms with van der Waals surface area (Å²) in [7, 11) is 0. The first-order chi connectivity index (χ1) is 10.5. The second-order valence-corrected chi connectivity index (χ2v) is 5.79. The second-order valence-electron chi connectivity index (χ2n) is 5.35. The largest absolute Gasteiger partial charge is 0.451 e. The minimum atomic E-state index is -0.224. The molecule has 1 N–H and O–H groups in total. The number of hydrogen-bond acceptors (Lipinski definition) is 2. The van der Waals surface area contributed by atoms with Crippen molar-refractivity contribution in [3.63, 3.8) is 0 Å². The Balaban J connectivity index is 1.80. The molecule has 0 spiro atoms. The first-order valence-corrected chi connectivity index (χ1v) is 7.48. The molecule has 1 amide bonds. The summed E-state index contributed by atoms with van der Waals surface area (Å²) in [5, 5.41) is 4.55. The van der Waals surface area contributed by atoms with Crippen LogP contribution < -0.4 is 5.32 Å². The van der Waals surface area contributed by atoms with Crippen LogP contribution in [0, 0.1) is 6.92 Å². The predicted molar refractivity (Wildman–Crippen MR) is 88.3 cm³/mol. The second kappa shape index (κ2) is 5.85. The molecule has 0 saturated heterocycles. The Bertz CT molecular complexity index is 821. The van der Waals surface area contributed by atoms with Crippen LogP contribution in [0.5, 0.6) is 0 Å². The van der Waals surface area contributed by atoms with Crippen molar-refractivity contribution in [3.05, 3.63) is 70.4 Å². The Morgan fingerprint density at radius 1 is 1.18 bits per heavy atom. The van der Waals surface area contributed by atoms with Gasteiger partial charge in [-0.15, -0.1) is 0 Å². The first kappa shape index (κ1) is 14.7. The number of amides is 1. The van der Waals surface area contributed by atoms with Crippen LogP contribution in [0.15, 0.2) is 52.9 Å². The van der Waals surface area contributed by atoms with Crippen LogP contribution in [0.3, 0.4) is 0 Å². The van der Waals surface area contributed by atoms with Crippen LogP contribution >= 0.6 is 11.6 Å². The number of halogens is 1. The van der Waals surface area contributed by atoms with Crippen molar-refractivity contribution in [2.45, 2.75) is 19.9 Å². The normalized spacial score (nSPS) is 12.3. The van der Waals surface area contributed by atoms with Gasteiger partial charge < -0.3 is 9.73 Å². The van der Waals surface area contributed by atoms with E-state index in [9.17, 15) is 4.79 Å². The zero-order valence-electron chi connectivity index (χ0n) is 12.4. The van der Waals surface area contributed by atoms with E-state index < -0.39 is 0 Å². The van der Waals surface area contributed by atoms with Gasteiger partial charge in [-0.1, -0.05) is 41.9 Å². The number of carbonyl (C=O) groups is 1. The van der Waals surface area contributed by atoms with Gasteiger partial charge in [0.2, 0.25) is 0 Å². The van der Waals surface area contributed by atoms with E-state index in [1.54, 1.807) is 6.07 Å². The van der Waals surface area contributed by atoms with Crippen LogP contribution in [0.4, 0.5) is 0 Å². The van der Waals surface area contributed by atoms with Gasteiger partial charge in [-0.3, -0.25) is 4.79 Å². The molecule has 0 fully saturated rings. The number of rotatable bonds is 3. The van der Waals surface area contributed by atoms with Crippen LogP contribution in [0.2, 0.25) is 5.02 Å². The standard InChI is InChI=1S/C18H16ClNO2/c1-11-4-3-5-14-10-16(22-17(11)14)18(21)20-12(2)13-6-8-15(19)9-7-13/h3-10,12H,1-2H3,(H,20,21). The highest BCUT2D eigenvalue weighted by molar-refractivity contribution is 6.30. The molecule has 0 radical (unpaired) electrons. The van der Waals surface area contributed by atoms with Gasteiger partial charge in [0.05, 0.1) is 6.04 Å². The topological polar surface area (TPSA) is 42.2 Å². The minimum absolute atomic E-state index is 0.126. The van der Waals surface area contributed by atoms with Crippen molar-refractivity contribution in [1.29, 1.82) is 0 Å². The molecule has 0 aliphatic rings. The molecule has 3 nitrogen and oxygen atoms in total. The molecule has 1 aromatic heterocycles. The summed E-state index contributed by atoms with van der Waals surface area (Å²) >= 11 is 5.88. The van der Waals surface area contributed by atoms with Crippen molar-refractivity contribution in [2.75, 3.05) is 0 Å². The third-order valence-electron chi connectivity index (χ3n) is 3.68. The fraction of sp³-hybridized carbons (Fsp3) is 0.167. The Kier molecular flexibility index (Phi) is 3.90. The maximum absolute atomic E-state index is 12.3. The van der Waals surface area contributed by atoms with Gasteiger partial charge in [-0.25, -0.2) is 0 Å². The third-order valence-corrected chi connectivity index (χ3v) is 3.93. The smallest absolute Gasteiger partial charge is 0.287 e. The highest BCUT2D eigenvalue weighted by Crippen LogP contribution is 2.23. The lowest BCUT2D eigenvalue weighted by Crippen LogP contribution is -2.26. The molecule has 2 aromatic carbocycles. The fourth-order valence-electron chi connectivity index (χ4n) is 2.42. The summed E-state index contributed by atoms with van der Waals surface area (Å²) in [5.74, 6) is 0.100. The monoisotopic (exact) mass is 313 g/mol. The van der Waals surface area contributed by atoms with E-state index in [1.807, 2.05) is 56.3 Å². The summed E-state index contributed by atoms with van der Waals surface area (Å²) in [4.78, 5) is 12.3. The summed E-state index contributed by atoms with van der Waals surface area (Å²) in [6.45, 7) is 3.89. The van der Waals surface area contributed by atoms with Crippen molar-refractivity contribution in [1.82, 2.24) is 5.32 Å². The lowest BCUT2D eigenvalue weighted by atomic mass is 10.1. The molecule has 3 aromatic rings. The molecule has 1 atom stereocenters. The zero-order valence-corrected chi connectivity index (χ0v) is 13.1. The minimum Gasteiger partial charge on any atom is -0.451 e. The Hall–Kier alpha value is -2.26. The van der Waals surface area contributed by atoms with Gasteiger partial charge in [-0.05, 0) is 43.2 Å². The van der Waals surface area contributed by atoms with Gasteiger partial charge in [-0.2, -0.15) is 0 Å². The average Bonchev–Trinajstić information content (AvgIpc) is 2.93. The summed E-state index contributed by atoms with van der Waals surface area (Å²) in [5.41, 5.74) is 2.76. The quantitative estimate of drug-likeness (QED) is 0.748. The molecule has 0 saturated carbocycles. The van der Waals surface area contributed by atoms with E-state index in [0.29, 0.717) is 10.8 Å². The molecule has 0 aliphatic heterocycles. The maximum atomic E-state index is 12.3. The Labute approximate surface area is 133 Å². The Morgan fingerprint density at radius 2 is 1.91 bits per heavy atom. The third kappa shape index (κ3) is 2.85. The zero-order chi connectivity index (χ0) is 15.7. The fourth-order valence-corrected chi connectivity index (χ4v) is 2.55. The Morgan fingerprint density at radius 3 is 2.59 bits per heavy atom. The van der Waals surface area contributed by atoms with E-state index in [-0.39, 0.29) is 11.9 Å². The molecule has 3 rings (SSSR count). The lowest BCUT2D eigenvalue weighted by Gasteiger charge is -2.13. The first-order valence-electron chi connectivity index (χ1n) is 7.10. The van der Waals surface area contributed by atoms with Crippen LogP contribution in [-0.4, -0.2) is 5.91 Å². The highest BCUT2D eigenvalue weighted by Gasteiger charge is 2.16. The number of benzene rings is 2. The number of carbonyl (C=O) groups excluding carboxylic acids is 1. The van der Waals surface area contributed by atoms with Crippen LogP contribution in [0.25, 0.3) is 11.0 Å². The summed E-state index contributed by atoms with van der Waals surface area (Å²) in [6, 6.07) is 14.9. The summed E-state index contributed by atoms with van der Waals surface area (Å²) in [6.07, 6.45) is 0. The number of hydrogen-bond donors (Lipinski definition) is 1. The van der Waals surface area contributed by atoms with E-state index >= 15 is 0 Å². The number of fused-ring (bicyclic) bond motifs is 1. The SMILES string of the molecule is Cc1cccc2cc(C(=O)NC(C)c3ccc(Cl)cc3)oc12. The molecule has 1 heterocycles. The molecular weight excluding hydrogens is 298 g/mol. The van der Waals surface area contributed by atoms with Gasteiger partial charge in [0.25, 0.3) is 5.91 Å². The molecule has 0 aliphatic carbocycles. The molecule has 1 unspecified atom stereocenters. The predicted octanol–water partition coefficient (Wildman–Crippen LogP) is 4.89. The highest BCUT2D eigenvalue weighted by atomic mass is 35.5. The summed E-state index contributed by atoms with van der Waals surface area (Å²) < 4.78 is 5.68. The van der Waals surface area contributed by atoms with E-state index in [1.165, 1.54) is 0 Å². The van der Waals surface area contributed by atoms with Crippen molar-refractivity contribution in [3.8, 4) is 0 Å². The van der Waals surface area contributed by atoms with Crippen molar-refractivity contribution in [2.24, 2.45) is 0 Å². The maximum Gasteiger partial charge on any atom is 0.287 e. The van der Waals surface area contributed by atoms with E-state index in [4.69, 9.17) is 16.0 Å². The van der Waals surface area contributed by atoms with E-state index in [0.717, 1.165) is 22.1 Å². The van der Waals surface area contributed by atoms with Crippen molar-refractivity contribution >= 4 is 28.5 Å². The van der Waals surface area contributed by atoms with Crippen molar-refractivity contribution < 1.29 is 9.21 Å². The molecule has 0 bridgehead atoms. The molecule has 112 valence electrons. The number of para-hydroxylation sites is 1. The lowest BCUT2D eigenvalue weighted by molar-refractivity contribution is 0.0914. The van der Waals surface area contributed by atoms with Crippen LogP contribution in [0.1, 0.15) is 34.6 Å². The van der Waals surface area contributed by atoms with Gasteiger partial charge in [0.1, 0.15) is 5.58 Å². The van der Waals surface area contributed by atoms with Gasteiger partial charge in [0.15, 0.2) is 5.76 Å². The molecule has 22 heavy (non-hydrogen) atoms. The number of furan rings is 1. The number of aryl methyl sites for hydroxylation is 1. The molecular formula is C18H16ClNO2. The van der Waals surface area contributed by atoms with Crippen LogP contribution in [-0.2, 0) is 0 Å². The molecule has 4 heteroatoms. The number of nitrogens with one attached hydrogen (secondary N) is 1. The van der Waals surface area contributed by atoms with E-state index in [2.05, 4.69) is 5.32 Å².